The maximum atomic E-state index is 12.7. The van der Waals surface area contributed by atoms with Gasteiger partial charge < -0.3 is 10.1 Å². The molecule has 0 saturated carbocycles. The molecule has 2 aromatic heterocycles. The van der Waals surface area contributed by atoms with Crippen molar-refractivity contribution >= 4 is 11.6 Å². The SMILES string of the molecule is O=C(Nc1ccc(-n2ccnc2)nc1)c1ccccc1Oc1ccccc1. The standard InChI is InChI=1S/C21H16N4O2/c26-21(24-16-10-11-20(23-14-16)25-13-12-22-15-25)18-8-4-5-9-19(18)27-17-6-2-1-3-7-17/h1-15H,(H,24,26). The number of rotatable bonds is 5. The number of amides is 1. The summed E-state index contributed by atoms with van der Waals surface area (Å²) in [6.07, 6.45) is 6.75. The van der Waals surface area contributed by atoms with E-state index < -0.39 is 0 Å². The lowest BCUT2D eigenvalue weighted by atomic mass is 10.2. The molecule has 2 heterocycles. The molecular formula is C21H16N4O2. The van der Waals surface area contributed by atoms with Crippen molar-refractivity contribution in [3.8, 4) is 17.3 Å². The van der Waals surface area contributed by atoms with Gasteiger partial charge in [0.1, 0.15) is 23.6 Å². The van der Waals surface area contributed by atoms with Crippen molar-refractivity contribution in [1.29, 1.82) is 0 Å². The summed E-state index contributed by atoms with van der Waals surface area (Å²) in [5, 5.41) is 2.85. The average molecular weight is 356 g/mol. The summed E-state index contributed by atoms with van der Waals surface area (Å²) < 4.78 is 7.64. The number of hydrogen-bond donors (Lipinski definition) is 1. The Balaban J connectivity index is 1.52. The third kappa shape index (κ3) is 3.85. The fourth-order valence-corrected chi connectivity index (χ4v) is 2.56. The lowest BCUT2D eigenvalue weighted by Gasteiger charge is -2.11. The van der Waals surface area contributed by atoms with Gasteiger partial charge in [-0.25, -0.2) is 9.97 Å². The normalized spacial score (nSPS) is 10.4. The van der Waals surface area contributed by atoms with E-state index in [0.717, 1.165) is 5.82 Å². The minimum Gasteiger partial charge on any atom is -0.457 e. The Hall–Kier alpha value is -3.93. The van der Waals surface area contributed by atoms with Gasteiger partial charge in [-0.3, -0.25) is 9.36 Å². The van der Waals surface area contributed by atoms with Crippen LogP contribution in [0.5, 0.6) is 11.5 Å². The lowest BCUT2D eigenvalue weighted by Crippen LogP contribution is -2.13. The molecule has 4 rings (SSSR count). The average Bonchev–Trinajstić information content (AvgIpc) is 3.25. The number of hydrogen-bond acceptors (Lipinski definition) is 4. The van der Waals surface area contributed by atoms with E-state index >= 15 is 0 Å². The predicted molar refractivity (Wildman–Crippen MR) is 102 cm³/mol. The number of pyridine rings is 1. The van der Waals surface area contributed by atoms with Crippen LogP contribution < -0.4 is 10.1 Å². The number of aromatic nitrogens is 3. The molecule has 0 bridgehead atoms. The maximum Gasteiger partial charge on any atom is 0.259 e. The van der Waals surface area contributed by atoms with Gasteiger partial charge in [0, 0.05) is 12.4 Å². The molecule has 2 aromatic carbocycles. The molecule has 0 aliphatic heterocycles. The molecule has 132 valence electrons. The number of carbonyl (C=O) groups is 1. The van der Waals surface area contributed by atoms with Crippen molar-refractivity contribution in [3.63, 3.8) is 0 Å². The second-order valence-electron chi connectivity index (χ2n) is 5.74. The second-order valence-corrected chi connectivity index (χ2v) is 5.74. The number of benzene rings is 2. The van der Waals surface area contributed by atoms with Crippen LogP contribution in [-0.2, 0) is 0 Å². The largest absolute Gasteiger partial charge is 0.457 e. The summed E-state index contributed by atoms with van der Waals surface area (Å²) >= 11 is 0. The third-order valence-corrected chi connectivity index (χ3v) is 3.88. The molecule has 0 radical (unpaired) electrons. The van der Waals surface area contributed by atoms with E-state index in [2.05, 4.69) is 15.3 Å². The lowest BCUT2D eigenvalue weighted by molar-refractivity contribution is 0.102. The smallest absolute Gasteiger partial charge is 0.259 e. The fourth-order valence-electron chi connectivity index (χ4n) is 2.56. The monoisotopic (exact) mass is 356 g/mol. The topological polar surface area (TPSA) is 69.0 Å². The van der Waals surface area contributed by atoms with E-state index in [4.69, 9.17) is 4.74 Å². The van der Waals surface area contributed by atoms with Gasteiger partial charge in [-0.05, 0) is 36.4 Å². The maximum absolute atomic E-state index is 12.7. The first-order valence-corrected chi connectivity index (χ1v) is 8.37. The first-order valence-electron chi connectivity index (χ1n) is 8.37. The Morgan fingerprint density at radius 3 is 2.52 bits per heavy atom. The number of imidazole rings is 1. The van der Waals surface area contributed by atoms with Crippen molar-refractivity contribution in [1.82, 2.24) is 14.5 Å². The summed E-state index contributed by atoms with van der Waals surface area (Å²) in [5.74, 6) is 1.62. The van der Waals surface area contributed by atoms with Crippen LogP contribution in [0.2, 0.25) is 0 Å². The molecule has 0 fully saturated rings. The van der Waals surface area contributed by atoms with Gasteiger partial charge in [-0.15, -0.1) is 0 Å². The summed E-state index contributed by atoms with van der Waals surface area (Å²) in [4.78, 5) is 21.0. The van der Waals surface area contributed by atoms with Crippen LogP contribution in [0.15, 0.2) is 91.6 Å². The van der Waals surface area contributed by atoms with E-state index in [-0.39, 0.29) is 5.91 Å². The van der Waals surface area contributed by atoms with E-state index in [0.29, 0.717) is 22.7 Å². The van der Waals surface area contributed by atoms with Crippen molar-refractivity contribution in [2.45, 2.75) is 0 Å². The first kappa shape index (κ1) is 16.5. The quantitative estimate of drug-likeness (QED) is 0.578. The zero-order chi connectivity index (χ0) is 18.5. The molecule has 6 nitrogen and oxygen atoms in total. The summed E-state index contributed by atoms with van der Waals surface area (Å²) in [7, 11) is 0. The van der Waals surface area contributed by atoms with Gasteiger partial charge in [0.05, 0.1) is 17.4 Å². The number of nitrogens with zero attached hydrogens (tertiary/aromatic N) is 3. The highest BCUT2D eigenvalue weighted by molar-refractivity contribution is 6.06. The van der Waals surface area contributed by atoms with Crippen LogP contribution in [0, 0.1) is 0 Å². The summed E-state index contributed by atoms with van der Waals surface area (Å²) in [6, 6.07) is 20.1. The number of carbonyl (C=O) groups excluding carboxylic acids is 1. The van der Waals surface area contributed by atoms with E-state index in [1.165, 1.54) is 0 Å². The fraction of sp³-hybridized carbons (Fsp3) is 0. The van der Waals surface area contributed by atoms with Crippen LogP contribution in [0.4, 0.5) is 5.69 Å². The number of anilines is 1. The first-order chi connectivity index (χ1) is 13.3. The Morgan fingerprint density at radius 1 is 0.963 bits per heavy atom. The highest BCUT2D eigenvalue weighted by atomic mass is 16.5. The molecule has 0 saturated heterocycles. The van der Waals surface area contributed by atoms with Gasteiger partial charge in [-0.2, -0.15) is 0 Å². The van der Waals surface area contributed by atoms with Crippen molar-refractivity contribution in [2.75, 3.05) is 5.32 Å². The Kier molecular flexibility index (Phi) is 4.61. The second kappa shape index (κ2) is 7.53. The molecule has 0 spiro atoms. The Bertz CT molecular complexity index is 1030. The van der Waals surface area contributed by atoms with Crippen molar-refractivity contribution in [2.24, 2.45) is 0 Å². The van der Waals surface area contributed by atoms with Crippen LogP contribution in [0.3, 0.4) is 0 Å². The minimum absolute atomic E-state index is 0.265. The van der Waals surface area contributed by atoms with Gasteiger partial charge in [-0.1, -0.05) is 30.3 Å². The highest BCUT2D eigenvalue weighted by Gasteiger charge is 2.13. The predicted octanol–water partition coefficient (Wildman–Crippen LogP) is 4.31. The molecule has 1 amide bonds. The zero-order valence-electron chi connectivity index (χ0n) is 14.3. The molecule has 1 N–H and O–H groups in total. The van der Waals surface area contributed by atoms with Gasteiger partial charge in [0.15, 0.2) is 0 Å². The molecule has 0 unspecified atom stereocenters. The Morgan fingerprint density at radius 2 is 1.78 bits per heavy atom. The van der Waals surface area contributed by atoms with Gasteiger partial charge in [0.2, 0.25) is 0 Å². The highest BCUT2D eigenvalue weighted by Crippen LogP contribution is 2.25. The molecule has 6 heteroatoms. The molecular weight excluding hydrogens is 340 g/mol. The van der Waals surface area contributed by atoms with Crippen LogP contribution in [-0.4, -0.2) is 20.4 Å². The van der Waals surface area contributed by atoms with Crippen molar-refractivity contribution < 1.29 is 9.53 Å². The molecule has 0 aliphatic rings. The molecule has 0 aliphatic carbocycles. The summed E-state index contributed by atoms with van der Waals surface area (Å²) in [5.41, 5.74) is 1.04. The summed E-state index contributed by atoms with van der Waals surface area (Å²) in [6.45, 7) is 0. The van der Waals surface area contributed by atoms with E-state index in [1.54, 1.807) is 53.8 Å². The van der Waals surface area contributed by atoms with Gasteiger partial charge in [0.25, 0.3) is 5.91 Å². The zero-order valence-corrected chi connectivity index (χ0v) is 14.3. The van der Waals surface area contributed by atoms with E-state index in [1.807, 2.05) is 42.5 Å². The van der Waals surface area contributed by atoms with Crippen LogP contribution in [0.25, 0.3) is 5.82 Å². The van der Waals surface area contributed by atoms with Gasteiger partial charge >= 0.3 is 0 Å². The molecule has 0 atom stereocenters. The number of para-hydroxylation sites is 2. The minimum atomic E-state index is -0.265. The number of nitrogens with one attached hydrogen (secondary N) is 1. The van der Waals surface area contributed by atoms with Crippen molar-refractivity contribution in [3.05, 3.63) is 97.2 Å². The Labute approximate surface area is 156 Å². The van der Waals surface area contributed by atoms with Crippen LogP contribution in [0.1, 0.15) is 10.4 Å². The van der Waals surface area contributed by atoms with E-state index in [9.17, 15) is 4.79 Å². The molecule has 27 heavy (non-hydrogen) atoms. The third-order valence-electron chi connectivity index (χ3n) is 3.88. The van der Waals surface area contributed by atoms with Crippen LogP contribution >= 0.6 is 0 Å². The molecule has 4 aromatic rings. The number of ether oxygens (including phenoxy) is 1.